The van der Waals surface area contributed by atoms with Gasteiger partial charge < -0.3 is 31.5 Å². The molecule has 0 aliphatic heterocycles. The molecule has 9 nitrogen and oxygen atoms in total. The van der Waals surface area contributed by atoms with Gasteiger partial charge in [-0.05, 0) is 50.8 Å². The first-order valence-corrected chi connectivity index (χ1v) is 9.58. The number of carbonyl (C=O) groups excluding carboxylic acids is 1. The Balaban J connectivity index is 2.35. The van der Waals surface area contributed by atoms with Gasteiger partial charge in [0, 0.05) is 12.2 Å². The van der Waals surface area contributed by atoms with Crippen molar-refractivity contribution in [3.8, 4) is 0 Å². The number of hydrogen-bond acceptors (Lipinski definition) is 5. The number of rotatable bonds is 13. The third kappa shape index (κ3) is 10.6. The molecule has 29 heavy (non-hydrogen) atoms. The van der Waals surface area contributed by atoms with Gasteiger partial charge in [-0.25, -0.2) is 9.59 Å². The van der Waals surface area contributed by atoms with Gasteiger partial charge in [0.15, 0.2) is 0 Å². The predicted octanol–water partition coefficient (Wildman–Crippen LogP) is 2.26. The maximum absolute atomic E-state index is 11.9. The summed E-state index contributed by atoms with van der Waals surface area (Å²) in [7, 11) is 0. The lowest BCUT2D eigenvalue weighted by molar-refractivity contribution is -0.139. The van der Waals surface area contributed by atoms with Gasteiger partial charge in [-0.1, -0.05) is 24.6 Å². The van der Waals surface area contributed by atoms with Crippen LogP contribution in [0.5, 0.6) is 0 Å². The Hall–Kier alpha value is -3.23. The number of unbranched alkanes of at least 4 members (excludes halogenated alkanes) is 1. The van der Waals surface area contributed by atoms with E-state index in [1.54, 1.807) is 6.08 Å². The van der Waals surface area contributed by atoms with Crippen LogP contribution < -0.4 is 21.3 Å². The summed E-state index contributed by atoms with van der Waals surface area (Å²) in [5.74, 6) is -1.66. The van der Waals surface area contributed by atoms with Crippen LogP contribution in [0.15, 0.2) is 36.2 Å². The summed E-state index contributed by atoms with van der Waals surface area (Å²) in [6.07, 6.45) is 3.86. The zero-order valence-electron chi connectivity index (χ0n) is 16.8. The van der Waals surface area contributed by atoms with E-state index >= 15 is 0 Å². The highest BCUT2D eigenvalue weighted by Crippen LogP contribution is 2.08. The van der Waals surface area contributed by atoms with E-state index < -0.39 is 18.0 Å². The highest BCUT2D eigenvalue weighted by atomic mass is 16.4. The number of carboxylic acid groups (broad SMARTS) is 2. The van der Waals surface area contributed by atoms with Crippen molar-refractivity contribution in [2.24, 2.45) is 0 Å². The van der Waals surface area contributed by atoms with Gasteiger partial charge in [0.1, 0.15) is 12.6 Å². The second kappa shape index (κ2) is 13.0. The molecule has 0 aromatic heterocycles. The summed E-state index contributed by atoms with van der Waals surface area (Å²) in [5, 5.41) is 29.1. The zero-order valence-corrected chi connectivity index (χ0v) is 16.8. The fourth-order valence-corrected chi connectivity index (χ4v) is 2.49. The van der Waals surface area contributed by atoms with E-state index in [0.29, 0.717) is 43.7 Å². The van der Waals surface area contributed by atoms with Gasteiger partial charge in [-0.2, -0.15) is 0 Å². The lowest BCUT2D eigenvalue weighted by Gasteiger charge is -2.19. The number of carbonyl (C=O) groups is 3. The Labute approximate surface area is 170 Å². The molecule has 2 amide bonds. The highest BCUT2D eigenvalue weighted by Gasteiger charge is 2.18. The van der Waals surface area contributed by atoms with E-state index in [9.17, 15) is 19.5 Å². The molecule has 160 valence electrons. The second-order valence-corrected chi connectivity index (χ2v) is 6.55. The largest absolute Gasteiger partial charge is 0.480 e. The van der Waals surface area contributed by atoms with Crippen molar-refractivity contribution < 1.29 is 24.6 Å². The average molecular weight is 406 g/mol. The molecule has 9 heteroatoms. The number of carboxylic acids is 2. The summed E-state index contributed by atoms with van der Waals surface area (Å²) in [4.78, 5) is 34.0. The number of allylic oxidation sites excluding steroid dienone is 1. The zero-order chi connectivity index (χ0) is 21.6. The number of nitrogens with one attached hydrogen (secondary N) is 4. The fourth-order valence-electron chi connectivity index (χ4n) is 2.49. The van der Waals surface area contributed by atoms with Gasteiger partial charge in [-0.15, -0.1) is 0 Å². The first-order chi connectivity index (χ1) is 13.8. The van der Waals surface area contributed by atoms with Gasteiger partial charge in [0.2, 0.25) is 0 Å². The number of amides is 2. The van der Waals surface area contributed by atoms with Crippen LogP contribution in [-0.4, -0.2) is 47.3 Å². The van der Waals surface area contributed by atoms with Crippen molar-refractivity contribution in [2.45, 2.75) is 45.6 Å². The highest BCUT2D eigenvalue weighted by molar-refractivity contribution is 5.89. The van der Waals surface area contributed by atoms with E-state index in [2.05, 4.69) is 21.3 Å². The maximum atomic E-state index is 11.9. The first kappa shape index (κ1) is 23.8. The Kier molecular flexibility index (Phi) is 10.7. The van der Waals surface area contributed by atoms with Crippen LogP contribution in [0.25, 0.3) is 0 Å². The topological polar surface area (TPSA) is 140 Å². The van der Waals surface area contributed by atoms with Crippen molar-refractivity contribution in [1.29, 1.82) is 0 Å². The first-order valence-electron chi connectivity index (χ1n) is 9.58. The van der Waals surface area contributed by atoms with E-state index in [0.717, 1.165) is 5.56 Å². The molecule has 1 unspecified atom stereocenters. The van der Waals surface area contributed by atoms with E-state index in [4.69, 9.17) is 5.11 Å². The van der Waals surface area contributed by atoms with Crippen LogP contribution in [0.4, 0.5) is 10.5 Å². The summed E-state index contributed by atoms with van der Waals surface area (Å²) >= 11 is 0. The van der Waals surface area contributed by atoms with Crippen LogP contribution in [0, 0.1) is 6.92 Å². The van der Waals surface area contributed by atoms with Gasteiger partial charge >= 0.3 is 18.0 Å². The number of hydrogen-bond donors (Lipinski definition) is 6. The summed E-state index contributed by atoms with van der Waals surface area (Å²) in [6.45, 7) is 3.95. The van der Waals surface area contributed by atoms with Gasteiger partial charge in [0.05, 0.1) is 5.82 Å². The number of urea groups is 1. The summed E-state index contributed by atoms with van der Waals surface area (Å²) in [6, 6.07) is 6.28. The van der Waals surface area contributed by atoms with E-state index in [1.165, 1.54) is 0 Å². The van der Waals surface area contributed by atoms with Crippen LogP contribution in [0.1, 0.15) is 38.2 Å². The van der Waals surface area contributed by atoms with Gasteiger partial charge in [0.25, 0.3) is 0 Å². The van der Waals surface area contributed by atoms with Crippen molar-refractivity contribution in [3.05, 3.63) is 41.7 Å². The monoisotopic (exact) mass is 406 g/mol. The molecule has 1 rings (SSSR count). The molecule has 1 aromatic rings. The molecule has 6 N–H and O–H groups in total. The van der Waals surface area contributed by atoms with Crippen LogP contribution >= 0.6 is 0 Å². The number of benzene rings is 1. The molecule has 1 aromatic carbocycles. The molecule has 0 saturated carbocycles. The molecular weight excluding hydrogens is 376 g/mol. The van der Waals surface area contributed by atoms with E-state index in [-0.39, 0.29) is 12.6 Å². The third-order valence-electron chi connectivity index (χ3n) is 3.98. The Morgan fingerprint density at radius 2 is 1.76 bits per heavy atom. The molecule has 0 fully saturated rings. The summed E-state index contributed by atoms with van der Waals surface area (Å²) < 4.78 is 0. The maximum Gasteiger partial charge on any atom is 0.326 e. The number of aliphatic carboxylic acids is 2. The lowest BCUT2D eigenvalue weighted by atomic mass is 10.1. The van der Waals surface area contributed by atoms with Crippen LogP contribution in [0.3, 0.4) is 0 Å². The van der Waals surface area contributed by atoms with Gasteiger partial charge in [-0.3, -0.25) is 4.79 Å². The van der Waals surface area contributed by atoms with Crippen molar-refractivity contribution in [1.82, 2.24) is 16.0 Å². The second-order valence-electron chi connectivity index (χ2n) is 6.55. The molecule has 0 radical (unpaired) electrons. The minimum atomic E-state index is -1.03. The SMILES string of the molecule is CC/C=C(\NCC(=O)O)NC(CCCCNC(=O)Nc1ccc(C)cc1)C(=O)O. The van der Waals surface area contributed by atoms with E-state index in [1.807, 2.05) is 38.1 Å². The Morgan fingerprint density at radius 3 is 2.34 bits per heavy atom. The lowest BCUT2D eigenvalue weighted by Crippen LogP contribution is -2.41. The molecular formula is C20H30N4O5. The van der Waals surface area contributed by atoms with Crippen molar-refractivity contribution in [2.75, 3.05) is 18.4 Å². The standard InChI is InChI=1S/C20H30N4O5/c1-3-6-17(22-13-18(25)26)24-16(19(27)28)7-4-5-12-21-20(29)23-15-10-8-14(2)9-11-15/h6,8-11,16,22,24H,3-5,7,12-13H2,1-2H3,(H,25,26)(H,27,28)(H2,21,23,29)/b17-6+. The fraction of sp³-hybridized carbons (Fsp3) is 0.450. The average Bonchev–Trinajstić information content (AvgIpc) is 2.66. The minimum Gasteiger partial charge on any atom is -0.480 e. The number of aryl methyl sites for hydroxylation is 1. The quantitative estimate of drug-likeness (QED) is 0.276. The number of anilines is 1. The molecule has 0 bridgehead atoms. The molecule has 0 aliphatic carbocycles. The normalized spacial score (nSPS) is 12.0. The van der Waals surface area contributed by atoms with Crippen molar-refractivity contribution in [3.63, 3.8) is 0 Å². The molecule has 0 saturated heterocycles. The molecule has 1 atom stereocenters. The minimum absolute atomic E-state index is 0.300. The summed E-state index contributed by atoms with van der Waals surface area (Å²) in [5.41, 5.74) is 1.81. The smallest absolute Gasteiger partial charge is 0.326 e. The molecule has 0 spiro atoms. The molecule has 0 aliphatic rings. The predicted molar refractivity (Wildman–Crippen MR) is 111 cm³/mol. The third-order valence-corrected chi connectivity index (χ3v) is 3.98. The Bertz CT molecular complexity index is 703. The van der Waals surface area contributed by atoms with Crippen LogP contribution in [-0.2, 0) is 9.59 Å². The van der Waals surface area contributed by atoms with Crippen molar-refractivity contribution >= 4 is 23.7 Å². The molecule has 0 heterocycles. The van der Waals surface area contributed by atoms with Crippen LogP contribution in [0.2, 0.25) is 0 Å². The Morgan fingerprint density at radius 1 is 1.07 bits per heavy atom.